The van der Waals surface area contributed by atoms with Crippen LogP contribution in [0, 0.1) is 17.2 Å². The number of carboxylic acid groups (broad SMARTS) is 1. The topological polar surface area (TPSA) is 120 Å². The highest BCUT2D eigenvalue weighted by Crippen LogP contribution is 2.19. The Kier molecular flexibility index (Phi) is 6.25. The maximum absolute atomic E-state index is 11.8. The summed E-state index contributed by atoms with van der Waals surface area (Å²) in [5, 5.41) is 29.5. The third-order valence-corrected chi connectivity index (χ3v) is 3.14. The number of nitrogens with one attached hydrogen (secondary N) is 1. The van der Waals surface area contributed by atoms with Crippen molar-refractivity contribution in [1.29, 1.82) is 5.26 Å². The van der Waals surface area contributed by atoms with Crippen molar-refractivity contribution in [3.8, 4) is 6.07 Å². The minimum atomic E-state index is -1.23. The van der Waals surface area contributed by atoms with Crippen LogP contribution in [-0.4, -0.2) is 47.4 Å². The van der Waals surface area contributed by atoms with Crippen LogP contribution in [0.15, 0.2) is 0 Å². The lowest BCUT2D eigenvalue weighted by Gasteiger charge is -2.26. The number of rotatable bonds is 6. The van der Waals surface area contributed by atoms with E-state index in [2.05, 4.69) is 5.32 Å². The van der Waals surface area contributed by atoms with Crippen molar-refractivity contribution in [3.63, 3.8) is 0 Å². The fourth-order valence-corrected chi connectivity index (χ4v) is 1.97. The van der Waals surface area contributed by atoms with Crippen molar-refractivity contribution in [2.75, 3.05) is 13.2 Å². The summed E-state index contributed by atoms with van der Waals surface area (Å²) < 4.78 is 5.13. The Bertz CT molecular complexity index is 360. The van der Waals surface area contributed by atoms with Crippen LogP contribution < -0.4 is 5.32 Å². The molecule has 1 heterocycles. The number of hydrogen-bond donors (Lipinski definition) is 3. The number of amides is 1. The number of carbonyl (C=O) groups excluding carboxylic acids is 1. The number of nitriles is 1. The molecule has 0 saturated carbocycles. The average Bonchev–Trinajstić information content (AvgIpc) is 2.43. The number of nitrogens with zero attached hydrogens (tertiary/aromatic N) is 1. The summed E-state index contributed by atoms with van der Waals surface area (Å²) in [6.07, 6.45) is -0.0228. The number of ether oxygens (including phenoxy) is 1. The van der Waals surface area contributed by atoms with Crippen molar-refractivity contribution in [2.24, 2.45) is 5.92 Å². The predicted octanol–water partition coefficient (Wildman–Crippen LogP) is -0.353. The first-order chi connectivity index (χ1) is 9.06. The second-order valence-corrected chi connectivity index (χ2v) is 4.49. The second-order valence-electron chi connectivity index (χ2n) is 4.49. The summed E-state index contributed by atoms with van der Waals surface area (Å²) in [6.45, 7) is 0.984. The molecule has 1 amide bonds. The summed E-state index contributed by atoms with van der Waals surface area (Å²) in [5.41, 5.74) is 0. The van der Waals surface area contributed by atoms with Crippen LogP contribution in [0.25, 0.3) is 0 Å². The SMILES string of the molecule is N#CCCC(NC(=O)[C@@H](O)C1CCOCC1)C(=O)O. The smallest absolute Gasteiger partial charge is 0.326 e. The monoisotopic (exact) mass is 270 g/mol. The molecule has 0 bridgehead atoms. The number of hydrogen-bond acceptors (Lipinski definition) is 5. The van der Waals surface area contributed by atoms with Crippen molar-refractivity contribution >= 4 is 11.9 Å². The third kappa shape index (κ3) is 4.85. The highest BCUT2D eigenvalue weighted by Gasteiger charge is 2.30. The fraction of sp³-hybridized carbons (Fsp3) is 0.750. The first kappa shape index (κ1) is 15.4. The summed E-state index contributed by atoms with van der Waals surface area (Å²) in [6, 6.07) is 0.688. The Labute approximate surface area is 111 Å². The Hall–Kier alpha value is -1.65. The number of carboxylic acids is 1. The Morgan fingerprint density at radius 1 is 1.42 bits per heavy atom. The van der Waals surface area contributed by atoms with E-state index in [4.69, 9.17) is 15.1 Å². The summed E-state index contributed by atoms with van der Waals surface area (Å²) in [4.78, 5) is 22.7. The van der Waals surface area contributed by atoms with Gasteiger partial charge in [-0.25, -0.2) is 4.79 Å². The molecule has 7 nitrogen and oxygen atoms in total. The predicted molar refractivity (Wildman–Crippen MR) is 64.0 cm³/mol. The molecule has 1 saturated heterocycles. The molecular weight excluding hydrogens is 252 g/mol. The zero-order chi connectivity index (χ0) is 14.3. The molecule has 0 aromatic carbocycles. The summed E-state index contributed by atoms with van der Waals surface area (Å²) >= 11 is 0. The van der Waals surface area contributed by atoms with Crippen LogP contribution in [0.3, 0.4) is 0 Å². The van der Waals surface area contributed by atoms with Crippen molar-refractivity contribution in [2.45, 2.75) is 37.8 Å². The minimum Gasteiger partial charge on any atom is -0.480 e. The lowest BCUT2D eigenvalue weighted by molar-refractivity contribution is -0.145. The van der Waals surface area contributed by atoms with Gasteiger partial charge in [-0.1, -0.05) is 0 Å². The highest BCUT2D eigenvalue weighted by molar-refractivity contribution is 5.86. The van der Waals surface area contributed by atoms with Gasteiger partial charge in [0.1, 0.15) is 12.1 Å². The Morgan fingerprint density at radius 3 is 2.58 bits per heavy atom. The lowest BCUT2D eigenvalue weighted by atomic mass is 9.93. The van der Waals surface area contributed by atoms with E-state index in [1.807, 2.05) is 6.07 Å². The van der Waals surface area contributed by atoms with Gasteiger partial charge in [-0.3, -0.25) is 4.79 Å². The largest absolute Gasteiger partial charge is 0.480 e. The molecule has 0 aliphatic carbocycles. The quantitative estimate of drug-likeness (QED) is 0.606. The van der Waals surface area contributed by atoms with E-state index in [0.29, 0.717) is 26.1 Å². The first-order valence-electron chi connectivity index (χ1n) is 6.22. The minimum absolute atomic E-state index is 0.0259. The molecule has 1 aliphatic rings. The van der Waals surface area contributed by atoms with E-state index >= 15 is 0 Å². The van der Waals surface area contributed by atoms with Crippen LogP contribution in [0.1, 0.15) is 25.7 Å². The normalized spacial score (nSPS) is 19.2. The van der Waals surface area contributed by atoms with Gasteiger partial charge in [0.2, 0.25) is 5.91 Å². The lowest BCUT2D eigenvalue weighted by Crippen LogP contribution is -2.48. The second kappa shape index (κ2) is 7.71. The van der Waals surface area contributed by atoms with Gasteiger partial charge < -0.3 is 20.3 Å². The zero-order valence-electron chi connectivity index (χ0n) is 10.5. The van der Waals surface area contributed by atoms with Gasteiger partial charge in [-0.05, 0) is 25.2 Å². The van der Waals surface area contributed by atoms with Crippen LogP contribution >= 0.6 is 0 Å². The van der Waals surface area contributed by atoms with Gasteiger partial charge in [0.15, 0.2) is 0 Å². The maximum atomic E-state index is 11.8. The molecule has 3 N–H and O–H groups in total. The van der Waals surface area contributed by atoms with Crippen molar-refractivity contribution in [3.05, 3.63) is 0 Å². The maximum Gasteiger partial charge on any atom is 0.326 e. The van der Waals surface area contributed by atoms with Gasteiger partial charge in [-0.2, -0.15) is 5.26 Å². The highest BCUT2D eigenvalue weighted by atomic mass is 16.5. The zero-order valence-corrected chi connectivity index (χ0v) is 10.5. The molecule has 1 unspecified atom stereocenters. The van der Waals surface area contributed by atoms with Gasteiger partial charge >= 0.3 is 5.97 Å². The molecule has 1 fully saturated rings. The van der Waals surface area contributed by atoms with Crippen molar-refractivity contribution < 1.29 is 24.5 Å². The molecule has 106 valence electrons. The Morgan fingerprint density at radius 2 is 2.05 bits per heavy atom. The number of aliphatic carboxylic acids is 1. The molecule has 0 aromatic rings. The molecule has 0 aromatic heterocycles. The van der Waals surface area contributed by atoms with Gasteiger partial charge in [-0.15, -0.1) is 0 Å². The molecule has 0 radical (unpaired) electrons. The van der Waals surface area contributed by atoms with Crippen LogP contribution in [0.4, 0.5) is 0 Å². The number of aliphatic hydroxyl groups is 1. The van der Waals surface area contributed by atoms with E-state index in [1.165, 1.54) is 0 Å². The standard InChI is InChI=1S/C12H18N2O5/c13-5-1-2-9(12(17)18)14-11(16)10(15)8-3-6-19-7-4-8/h8-10,15H,1-4,6-7H2,(H,14,16)(H,17,18)/t9?,10-/m0/s1. The van der Waals surface area contributed by atoms with E-state index < -0.39 is 24.0 Å². The molecule has 1 rings (SSSR count). The van der Waals surface area contributed by atoms with Gasteiger partial charge in [0.05, 0.1) is 6.07 Å². The summed E-state index contributed by atoms with van der Waals surface area (Å²) in [5.74, 6) is -2.11. The van der Waals surface area contributed by atoms with Crippen molar-refractivity contribution in [1.82, 2.24) is 5.32 Å². The molecule has 19 heavy (non-hydrogen) atoms. The van der Waals surface area contributed by atoms with E-state index in [0.717, 1.165) is 0 Å². The van der Waals surface area contributed by atoms with E-state index in [9.17, 15) is 14.7 Å². The number of aliphatic hydroxyl groups excluding tert-OH is 1. The van der Waals surface area contributed by atoms with Crippen LogP contribution in [0.2, 0.25) is 0 Å². The van der Waals surface area contributed by atoms with Crippen LogP contribution in [0.5, 0.6) is 0 Å². The molecule has 2 atom stereocenters. The average molecular weight is 270 g/mol. The van der Waals surface area contributed by atoms with E-state index in [-0.39, 0.29) is 18.8 Å². The van der Waals surface area contributed by atoms with Crippen LogP contribution in [-0.2, 0) is 14.3 Å². The summed E-state index contributed by atoms with van der Waals surface area (Å²) in [7, 11) is 0. The number of carbonyl (C=O) groups is 2. The van der Waals surface area contributed by atoms with Gasteiger partial charge in [0.25, 0.3) is 0 Å². The molecular formula is C12H18N2O5. The third-order valence-electron chi connectivity index (χ3n) is 3.14. The Balaban J connectivity index is 2.50. The molecule has 1 aliphatic heterocycles. The first-order valence-corrected chi connectivity index (χ1v) is 6.22. The van der Waals surface area contributed by atoms with E-state index in [1.54, 1.807) is 0 Å². The fourth-order valence-electron chi connectivity index (χ4n) is 1.97. The molecule has 7 heteroatoms. The van der Waals surface area contributed by atoms with Gasteiger partial charge in [0, 0.05) is 19.6 Å². The molecule has 0 spiro atoms.